The highest BCUT2D eigenvalue weighted by atomic mass is 35.5. The van der Waals surface area contributed by atoms with Gasteiger partial charge in [-0.2, -0.15) is 0 Å². The van der Waals surface area contributed by atoms with E-state index in [1.807, 2.05) is 18.2 Å². The molecule has 1 atom stereocenters. The molecular weight excluding hydrogens is 313 g/mol. The molecule has 1 unspecified atom stereocenters. The van der Waals surface area contributed by atoms with Crippen LogP contribution in [0.5, 0.6) is 5.75 Å². The van der Waals surface area contributed by atoms with Crippen LogP contribution in [0, 0.1) is 0 Å². The number of carbonyl (C=O) groups excluding carboxylic acids is 1. The maximum atomic E-state index is 11.6. The molecule has 118 valence electrons. The molecule has 0 spiro atoms. The molecule has 1 aromatic rings. The number of carbonyl (C=O) groups is 1. The number of rotatable bonds is 5. The molecule has 21 heavy (non-hydrogen) atoms. The summed E-state index contributed by atoms with van der Waals surface area (Å²) in [4.78, 5) is 13.8. The van der Waals surface area contributed by atoms with Crippen molar-refractivity contribution in [2.45, 2.75) is 12.5 Å². The fourth-order valence-electron chi connectivity index (χ4n) is 2.45. The zero-order valence-corrected chi connectivity index (χ0v) is 13.8. The maximum absolute atomic E-state index is 11.6. The average Bonchev–Trinajstić information content (AvgIpc) is 2.87. The van der Waals surface area contributed by atoms with Crippen molar-refractivity contribution in [2.75, 3.05) is 38.7 Å². The topological polar surface area (TPSA) is 53.6 Å². The lowest BCUT2D eigenvalue weighted by molar-refractivity contribution is -0.120. The first-order chi connectivity index (χ1) is 9.63. The minimum atomic E-state index is 0. The summed E-state index contributed by atoms with van der Waals surface area (Å²) < 4.78 is 5.37. The van der Waals surface area contributed by atoms with Crippen molar-refractivity contribution in [1.29, 1.82) is 0 Å². The molecule has 2 N–H and O–H groups in total. The van der Waals surface area contributed by atoms with Gasteiger partial charge in [0.25, 0.3) is 0 Å². The summed E-state index contributed by atoms with van der Waals surface area (Å²) in [5.74, 6) is 0.828. The Morgan fingerprint density at radius 1 is 1.52 bits per heavy atom. The van der Waals surface area contributed by atoms with Crippen molar-refractivity contribution >= 4 is 35.6 Å². The molecule has 0 aromatic heterocycles. The normalized spacial score (nSPS) is 17.3. The third kappa shape index (κ3) is 4.66. The highest BCUT2D eigenvalue weighted by Gasteiger charge is 2.25. The molecule has 1 saturated heterocycles. The highest BCUT2D eigenvalue weighted by molar-refractivity contribution is 6.30. The van der Waals surface area contributed by atoms with Crippen LogP contribution in [-0.2, 0) is 4.79 Å². The van der Waals surface area contributed by atoms with Gasteiger partial charge in [0.1, 0.15) is 5.75 Å². The number of halogens is 2. The van der Waals surface area contributed by atoms with Gasteiger partial charge in [0.15, 0.2) is 0 Å². The maximum Gasteiger partial charge on any atom is 0.234 e. The number of hydrogen-bond acceptors (Lipinski definition) is 4. The minimum absolute atomic E-state index is 0. The summed E-state index contributed by atoms with van der Waals surface area (Å²) in [6.07, 6.45) is 0.922. The van der Waals surface area contributed by atoms with Crippen molar-refractivity contribution in [2.24, 2.45) is 0 Å². The lowest BCUT2D eigenvalue weighted by Crippen LogP contribution is -2.41. The fourth-order valence-corrected chi connectivity index (χ4v) is 2.61. The molecule has 0 saturated carbocycles. The Morgan fingerprint density at radius 2 is 2.29 bits per heavy atom. The number of anilines is 1. The number of hydrogen-bond donors (Lipinski definition) is 2. The first kappa shape index (κ1) is 17.9. The molecule has 2 rings (SSSR count). The van der Waals surface area contributed by atoms with Gasteiger partial charge >= 0.3 is 0 Å². The molecule has 1 heterocycles. The number of methoxy groups -OCH3 is 1. The van der Waals surface area contributed by atoms with Crippen LogP contribution in [0.15, 0.2) is 18.2 Å². The quantitative estimate of drug-likeness (QED) is 0.860. The third-order valence-electron chi connectivity index (χ3n) is 3.37. The zero-order chi connectivity index (χ0) is 14.5. The van der Waals surface area contributed by atoms with Crippen molar-refractivity contribution in [1.82, 2.24) is 10.6 Å². The van der Waals surface area contributed by atoms with Gasteiger partial charge in [0, 0.05) is 24.2 Å². The Bertz CT molecular complexity index is 485. The van der Waals surface area contributed by atoms with E-state index in [1.165, 1.54) is 0 Å². The van der Waals surface area contributed by atoms with E-state index < -0.39 is 0 Å². The molecule has 7 heteroatoms. The molecule has 0 bridgehead atoms. The second kappa shape index (κ2) is 8.32. The Morgan fingerprint density at radius 3 is 2.95 bits per heavy atom. The SMILES string of the molecule is CNCC(=O)NC1CCN(c2cc(Cl)ccc2OC)C1.Cl. The van der Waals surface area contributed by atoms with Crippen LogP contribution < -0.4 is 20.3 Å². The first-order valence-corrected chi connectivity index (χ1v) is 7.04. The molecule has 1 amide bonds. The Kier molecular flexibility index (Phi) is 7.08. The van der Waals surface area contributed by atoms with E-state index in [9.17, 15) is 4.79 Å². The summed E-state index contributed by atoms with van der Waals surface area (Å²) in [7, 11) is 3.41. The molecular formula is C14H21Cl2N3O2. The van der Waals surface area contributed by atoms with Crippen LogP contribution in [0.3, 0.4) is 0 Å². The minimum Gasteiger partial charge on any atom is -0.495 e. The van der Waals surface area contributed by atoms with Crippen LogP contribution in [-0.4, -0.2) is 45.7 Å². The number of nitrogens with zero attached hydrogens (tertiary/aromatic N) is 1. The predicted molar refractivity (Wildman–Crippen MR) is 87.9 cm³/mol. The molecule has 1 aliphatic rings. The Hall–Kier alpha value is -1.17. The number of nitrogens with one attached hydrogen (secondary N) is 2. The van der Waals surface area contributed by atoms with E-state index in [4.69, 9.17) is 16.3 Å². The smallest absolute Gasteiger partial charge is 0.234 e. The number of benzene rings is 1. The average molecular weight is 334 g/mol. The second-order valence-electron chi connectivity index (χ2n) is 4.85. The van der Waals surface area contributed by atoms with Gasteiger partial charge in [-0.25, -0.2) is 0 Å². The van der Waals surface area contributed by atoms with Gasteiger partial charge in [0.05, 0.1) is 19.3 Å². The van der Waals surface area contributed by atoms with Crippen molar-refractivity contribution in [3.63, 3.8) is 0 Å². The van der Waals surface area contributed by atoms with Gasteiger partial charge in [-0.3, -0.25) is 4.79 Å². The van der Waals surface area contributed by atoms with E-state index in [2.05, 4.69) is 15.5 Å². The summed E-state index contributed by atoms with van der Waals surface area (Å²) in [6.45, 7) is 1.99. The molecule has 1 aromatic carbocycles. The highest BCUT2D eigenvalue weighted by Crippen LogP contribution is 2.33. The van der Waals surface area contributed by atoms with Crippen molar-refractivity contribution in [3.8, 4) is 5.75 Å². The summed E-state index contributed by atoms with van der Waals surface area (Å²) in [5.41, 5.74) is 0.977. The fraction of sp³-hybridized carbons (Fsp3) is 0.500. The van der Waals surface area contributed by atoms with Gasteiger partial charge in [0.2, 0.25) is 5.91 Å². The number of amides is 1. The van der Waals surface area contributed by atoms with E-state index in [-0.39, 0.29) is 24.4 Å². The van der Waals surface area contributed by atoms with Gasteiger partial charge in [-0.1, -0.05) is 11.6 Å². The summed E-state index contributed by atoms with van der Waals surface area (Å²) >= 11 is 6.05. The van der Waals surface area contributed by atoms with Crippen LogP contribution in [0.25, 0.3) is 0 Å². The molecule has 1 aliphatic heterocycles. The van der Waals surface area contributed by atoms with Crippen LogP contribution in [0.4, 0.5) is 5.69 Å². The largest absolute Gasteiger partial charge is 0.495 e. The molecule has 5 nitrogen and oxygen atoms in total. The molecule has 1 fully saturated rings. The van der Waals surface area contributed by atoms with Crippen LogP contribution in [0.1, 0.15) is 6.42 Å². The van der Waals surface area contributed by atoms with Crippen molar-refractivity contribution in [3.05, 3.63) is 23.2 Å². The predicted octanol–water partition coefficient (Wildman–Crippen LogP) is 1.68. The van der Waals surface area contributed by atoms with E-state index in [0.717, 1.165) is 30.9 Å². The molecule has 0 aliphatic carbocycles. The van der Waals surface area contributed by atoms with E-state index >= 15 is 0 Å². The summed E-state index contributed by atoms with van der Waals surface area (Å²) in [5, 5.41) is 6.55. The first-order valence-electron chi connectivity index (χ1n) is 6.66. The van der Waals surface area contributed by atoms with Gasteiger partial charge < -0.3 is 20.3 Å². The monoisotopic (exact) mass is 333 g/mol. The zero-order valence-electron chi connectivity index (χ0n) is 12.2. The lowest BCUT2D eigenvalue weighted by atomic mass is 10.2. The molecule has 0 radical (unpaired) electrons. The van der Waals surface area contributed by atoms with Gasteiger partial charge in [-0.05, 0) is 31.7 Å². The summed E-state index contributed by atoms with van der Waals surface area (Å²) in [6, 6.07) is 5.74. The van der Waals surface area contributed by atoms with Crippen LogP contribution >= 0.6 is 24.0 Å². The second-order valence-corrected chi connectivity index (χ2v) is 5.28. The van der Waals surface area contributed by atoms with Crippen LogP contribution in [0.2, 0.25) is 5.02 Å². The van der Waals surface area contributed by atoms with Gasteiger partial charge in [-0.15, -0.1) is 12.4 Å². The Labute approximate surface area is 136 Å². The van der Waals surface area contributed by atoms with Crippen molar-refractivity contribution < 1.29 is 9.53 Å². The standard InChI is InChI=1S/C14H20ClN3O2.ClH/c1-16-8-14(19)17-11-5-6-18(9-11)12-7-10(15)3-4-13(12)20-2;/h3-4,7,11,16H,5-6,8-9H2,1-2H3,(H,17,19);1H. The Balaban J connectivity index is 0.00000220. The number of likely N-dealkylation sites (N-methyl/N-ethyl adjacent to an activating group) is 1. The third-order valence-corrected chi connectivity index (χ3v) is 3.61. The number of ether oxygens (including phenoxy) is 1. The van der Waals surface area contributed by atoms with E-state index in [1.54, 1.807) is 14.2 Å². The van der Waals surface area contributed by atoms with E-state index in [0.29, 0.717) is 11.6 Å². The lowest BCUT2D eigenvalue weighted by Gasteiger charge is -2.21.